The predicted molar refractivity (Wildman–Crippen MR) is 82.1 cm³/mol. The minimum absolute atomic E-state index is 0.280. The topological polar surface area (TPSA) is 30.5 Å². The van der Waals surface area contributed by atoms with E-state index in [0.29, 0.717) is 5.92 Å². The Labute approximate surface area is 122 Å². The van der Waals surface area contributed by atoms with Crippen LogP contribution in [-0.2, 0) is 9.47 Å². The molecule has 3 heteroatoms. The number of nitrogens with one attached hydrogen (secondary N) is 1. The Bertz CT molecular complexity index is 413. The highest BCUT2D eigenvalue weighted by Gasteiger charge is 2.18. The van der Waals surface area contributed by atoms with Gasteiger partial charge in [-0.1, -0.05) is 30.7 Å². The molecule has 0 bridgehead atoms. The number of ether oxygens (including phenoxy) is 2. The van der Waals surface area contributed by atoms with Crippen molar-refractivity contribution in [2.75, 3.05) is 33.0 Å². The van der Waals surface area contributed by atoms with Crippen molar-refractivity contribution in [3.8, 4) is 0 Å². The highest BCUT2D eigenvalue weighted by Crippen LogP contribution is 2.20. The molecule has 1 saturated heterocycles. The summed E-state index contributed by atoms with van der Waals surface area (Å²) < 4.78 is 11.3. The number of hydrogen-bond donors (Lipinski definition) is 1. The Morgan fingerprint density at radius 1 is 1.40 bits per heavy atom. The van der Waals surface area contributed by atoms with Gasteiger partial charge in [0.2, 0.25) is 0 Å². The van der Waals surface area contributed by atoms with Crippen molar-refractivity contribution >= 4 is 0 Å². The molecular formula is C17H27NO2. The zero-order chi connectivity index (χ0) is 14.4. The zero-order valence-electron chi connectivity index (χ0n) is 12.9. The van der Waals surface area contributed by atoms with Crippen molar-refractivity contribution in [3.63, 3.8) is 0 Å². The van der Waals surface area contributed by atoms with Gasteiger partial charge >= 0.3 is 0 Å². The fourth-order valence-corrected chi connectivity index (χ4v) is 2.79. The van der Waals surface area contributed by atoms with E-state index in [1.807, 2.05) is 0 Å². The Morgan fingerprint density at radius 2 is 2.25 bits per heavy atom. The fraction of sp³-hybridized carbons (Fsp3) is 0.647. The molecule has 0 amide bonds. The van der Waals surface area contributed by atoms with Crippen molar-refractivity contribution < 1.29 is 9.47 Å². The van der Waals surface area contributed by atoms with E-state index in [1.165, 1.54) is 16.7 Å². The highest BCUT2D eigenvalue weighted by atomic mass is 16.5. The van der Waals surface area contributed by atoms with E-state index in [0.717, 1.165) is 39.4 Å². The molecule has 1 aliphatic heterocycles. The molecule has 0 saturated carbocycles. The average Bonchev–Trinajstić information content (AvgIpc) is 2.91. The molecule has 112 valence electrons. The lowest BCUT2D eigenvalue weighted by Crippen LogP contribution is -2.27. The summed E-state index contributed by atoms with van der Waals surface area (Å²) in [5.74, 6) is 0.580. The molecule has 2 atom stereocenters. The normalized spacial score (nSPS) is 20.2. The highest BCUT2D eigenvalue weighted by molar-refractivity contribution is 5.32. The van der Waals surface area contributed by atoms with Crippen LogP contribution in [0.5, 0.6) is 0 Å². The summed E-state index contributed by atoms with van der Waals surface area (Å²) in [7, 11) is 0. The standard InChI is InChI=1S/C17H27NO2/c1-4-18-17(12-20-11-15-7-8-19-10-15)16-6-5-13(2)9-14(16)3/h5-6,9,15,17-18H,4,7-8,10-12H2,1-3H3. The first-order valence-corrected chi connectivity index (χ1v) is 7.66. The lowest BCUT2D eigenvalue weighted by atomic mass is 9.99. The summed E-state index contributed by atoms with van der Waals surface area (Å²) >= 11 is 0. The van der Waals surface area contributed by atoms with Crippen LogP contribution in [0.1, 0.15) is 36.1 Å². The molecule has 0 radical (unpaired) electrons. The molecule has 20 heavy (non-hydrogen) atoms. The summed E-state index contributed by atoms with van der Waals surface area (Å²) in [6.07, 6.45) is 1.13. The lowest BCUT2D eigenvalue weighted by Gasteiger charge is -2.21. The molecule has 1 aliphatic rings. The monoisotopic (exact) mass is 277 g/mol. The third-order valence-electron chi connectivity index (χ3n) is 3.91. The van der Waals surface area contributed by atoms with Crippen LogP contribution >= 0.6 is 0 Å². The summed E-state index contributed by atoms with van der Waals surface area (Å²) in [4.78, 5) is 0. The molecule has 2 rings (SSSR count). The number of benzene rings is 1. The molecule has 0 aliphatic carbocycles. The zero-order valence-corrected chi connectivity index (χ0v) is 12.9. The molecule has 3 nitrogen and oxygen atoms in total. The van der Waals surface area contributed by atoms with E-state index >= 15 is 0 Å². The van der Waals surface area contributed by atoms with E-state index in [2.05, 4.69) is 44.3 Å². The van der Waals surface area contributed by atoms with Crippen molar-refractivity contribution in [2.24, 2.45) is 5.92 Å². The maximum absolute atomic E-state index is 5.93. The van der Waals surface area contributed by atoms with Crippen LogP contribution in [0.25, 0.3) is 0 Å². The molecule has 1 aromatic rings. The Balaban J connectivity index is 1.91. The van der Waals surface area contributed by atoms with Gasteiger partial charge in [0.05, 0.1) is 25.9 Å². The van der Waals surface area contributed by atoms with Gasteiger partial charge in [-0.2, -0.15) is 0 Å². The largest absolute Gasteiger partial charge is 0.381 e. The van der Waals surface area contributed by atoms with Gasteiger partial charge in [0.15, 0.2) is 0 Å². The molecule has 0 aromatic heterocycles. The minimum Gasteiger partial charge on any atom is -0.381 e. The van der Waals surface area contributed by atoms with Gasteiger partial charge in [-0.05, 0) is 37.9 Å². The van der Waals surface area contributed by atoms with Gasteiger partial charge < -0.3 is 14.8 Å². The molecule has 1 heterocycles. The molecular weight excluding hydrogens is 250 g/mol. The summed E-state index contributed by atoms with van der Waals surface area (Å²) in [5, 5.41) is 3.53. The smallest absolute Gasteiger partial charge is 0.0661 e. The molecule has 0 spiro atoms. The Kier molecular flexibility index (Phi) is 6.02. The molecule has 1 N–H and O–H groups in total. The van der Waals surface area contributed by atoms with Crippen LogP contribution in [0.3, 0.4) is 0 Å². The van der Waals surface area contributed by atoms with Crippen LogP contribution in [0.2, 0.25) is 0 Å². The number of aryl methyl sites for hydroxylation is 2. The van der Waals surface area contributed by atoms with E-state index in [9.17, 15) is 0 Å². The average molecular weight is 277 g/mol. The third-order valence-corrected chi connectivity index (χ3v) is 3.91. The van der Waals surface area contributed by atoms with Crippen LogP contribution in [0.4, 0.5) is 0 Å². The quantitative estimate of drug-likeness (QED) is 0.831. The van der Waals surface area contributed by atoms with Gasteiger partial charge in [0, 0.05) is 12.5 Å². The SMILES string of the molecule is CCNC(COCC1CCOC1)c1ccc(C)cc1C. The second kappa shape index (κ2) is 7.77. The minimum atomic E-state index is 0.280. The first kappa shape index (κ1) is 15.5. The Hall–Kier alpha value is -0.900. The second-order valence-electron chi connectivity index (χ2n) is 5.74. The van der Waals surface area contributed by atoms with Crippen LogP contribution in [-0.4, -0.2) is 33.0 Å². The van der Waals surface area contributed by atoms with Crippen LogP contribution in [0, 0.1) is 19.8 Å². The fourth-order valence-electron chi connectivity index (χ4n) is 2.79. The second-order valence-corrected chi connectivity index (χ2v) is 5.74. The van der Waals surface area contributed by atoms with Gasteiger partial charge in [-0.3, -0.25) is 0 Å². The van der Waals surface area contributed by atoms with Crippen molar-refractivity contribution in [1.29, 1.82) is 0 Å². The van der Waals surface area contributed by atoms with Gasteiger partial charge in [-0.15, -0.1) is 0 Å². The van der Waals surface area contributed by atoms with Crippen molar-refractivity contribution in [1.82, 2.24) is 5.32 Å². The Morgan fingerprint density at radius 3 is 2.90 bits per heavy atom. The first-order valence-electron chi connectivity index (χ1n) is 7.66. The van der Waals surface area contributed by atoms with E-state index in [4.69, 9.17) is 9.47 Å². The van der Waals surface area contributed by atoms with Crippen molar-refractivity contribution in [3.05, 3.63) is 34.9 Å². The number of hydrogen-bond acceptors (Lipinski definition) is 3. The summed E-state index contributed by atoms with van der Waals surface area (Å²) in [5.41, 5.74) is 3.99. The van der Waals surface area contributed by atoms with Gasteiger partial charge in [0.1, 0.15) is 0 Å². The maximum Gasteiger partial charge on any atom is 0.0661 e. The third kappa shape index (κ3) is 4.30. The van der Waals surface area contributed by atoms with E-state index < -0.39 is 0 Å². The number of likely N-dealkylation sites (N-methyl/N-ethyl adjacent to an activating group) is 1. The first-order chi connectivity index (χ1) is 9.70. The molecule has 1 fully saturated rings. The van der Waals surface area contributed by atoms with Crippen LogP contribution < -0.4 is 5.32 Å². The van der Waals surface area contributed by atoms with Gasteiger partial charge in [0.25, 0.3) is 0 Å². The van der Waals surface area contributed by atoms with E-state index in [1.54, 1.807) is 0 Å². The van der Waals surface area contributed by atoms with Crippen LogP contribution in [0.15, 0.2) is 18.2 Å². The number of rotatable bonds is 7. The van der Waals surface area contributed by atoms with Gasteiger partial charge in [-0.25, -0.2) is 0 Å². The van der Waals surface area contributed by atoms with E-state index in [-0.39, 0.29) is 6.04 Å². The summed E-state index contributed by atoms with van der Waals surface area (Å²) in [6, 6.07) is 6.92. The predicted octanol–water partition coefficient (Wildman–Crippen LogP) is 3.01. The molecule has 2 unspecified atom stereocenters. The lowest BCUT2D eigenvalue weighted by molar-refractivity contribution is 0.0746. The van der Waals surface area contributed by atoms with Crippen molar-refractivity contribution in [2.45, 2.75) is 33.2 Å². The maximum atomic E-state index is 5.93. The molecule has 1 aromatic carbocycles. The summed E-state index contributed by atoms with van der Waals surface area (Å²) in [6.45, 7) is 10.7.